The van der Waals surface area contributed by atoms with E-state index in [1.165, 1.54) is 0 Å². The van der Waals surface area contributed by atoms with Crippen LogP contribution in [-0.4, -0.2) is 63.3 Å². The van der Waals surface area contributed by atoms with Crippen molar-refractivity contribution < 1.29 is 5.11 Å². The van der Waals surface area contributed by atoms with Gasteiger partial charge in [-0.25, -0.2) is 0 Å². The van der Waals surface area contributed by atoms with Crippen LogP contribution in [0.4, 0.5) is 0 Å². The molecule has 0 saturated carbocycles. The third-order valence-electron chi connectivity index (χ3n) is 0.994. The Morgan fingerprint density at radius 1 is 0.750 bits per heavy atom. The molecule has 0 spiro atoms. The Labute approximate surface area is 78.0 Å². The molecule has 3 nitrogen and oxygen atoms in total. The van der Waals surface area contributed by atoms with Crippen molar-refractivity contribution >= 4 is 0 Å². The highest BCUT2D eigenvalue weighted by Crippen LogP contribution is 1.76. The summed E-state index contributed by atoms with van der Waals surface area (Å²) < 4.78 is 0. The Morgan fingerprint density at radius 3 is 1.00 bits per heavy atom. The molecule has 0 aliphatic carbocycles. The van der Waals surface area contributed by atoms with Gasteiger partial charge >= 0.3 is 0 Å². The van der Waals surface area contributed by atoms with Crippen LogP contribution >= 0.6 is 0 Å². The summed E-state index contributed by atoms with van der Waals surface area (Å²) in [5.41, 5.74) is 0. The average molecular weight is 178 g/mol. The zero-order valence-corrected chi connectivity index (χ0v) is 9.76. The molecule has 0 aromatic carbocycles. The maximum Gasteiger partial charge on any atom is 0.0319 e. The molecule has 78 valence electrons. The Bertz CT molecular complexity index is 48.5. The summed E-state index contributed by atoms with van der Waals surface area (Å²) in [5, 5.41) is 7.00. The first-order valence-electron chi connectivity index (χ1n) is 4.37. The molecule has 3 heteroatoms. The van der Waals surface area contributed by atoms with Gasteiger partial charge in [0.15, 0.2) is 0 Å². The van der Waals surface area contributed by atoms with Gasteiger partial charge in [0, 0.05) is 20.2 Å². The maximum atomic E-state index is 7.00. The van der Waals surface area contributed by atoms with Gasteiger partial charge in [-0.15, -0.1) is 0 Å². The van der Waals surface area contributed by atoms with Gasteiger partial charge in [0.1, 0.15) is 0 Å². The Hall–Kier alpha value is -0.120. The minimum Gasteiger partial charge on any atom is -0.400 e. The zero-order valence-electron chi connectivity index (χ0n) is 9.76. The number of aliphatic hydroxyl groups excluding tert-OH is 1. The SMILES string of the molecule is CC.CN(C)CCN(C)C.CO. The molecule has 0 rings (SSSR count). The van der Waals surface area contributed by atoms with Crippen LogP contribution in [0.25, 0.3) is 0 Å². The molecule has 0 unspecified atom stereocenters. The van der Waals surface area contributed by atoms with Gasteiger partial charge in [0.25, 0.3) is 0 Å². The molecular weight excluding hydrogens is 152 g/mol. The van der Waals surface area contributed by atoms with Crippen molar-refractivity contribution in [1.29, 1.82) is 0 Å². The lowest BCUT2D eigenvalue weighted by atomic mass is 10.5. The van der Waals surface area contributed by atoms with Crippen LogP contribution in [-0.2, 0) is 0 Å². The molecule has 0 aromatic heterocycles. The highest BCUT2D eigenvalue weighted by atomic mass is 16.2. The fraction of sp³-hybridized carbons (Fsp3) is 1.00. The Morgan fingerprint density at radius 2 is 0.917 bits per heavy atom. The van der Waals surface area contributed by atoms with Crippen LogP contribution in [0.3, 0.4) is 0 Å². The summed E-state index contributed by atoms with van der Waals surface area (Å²) in [6.45, 7) is 6.29. The number of hydrogen-bond acceptors (Lipinski definition) is 3. The van der Waals surface area contributed by atoms with E-state index in [-0.39, 0.29) is 0 Å². The molecular formula is C9H26N2O. The Balaban J connectivity index is -0.000000175. The number of aliphatic hydroxyl groups is 1. The normalized spacial score (nSPS) is 8.50. The summed E-state index contributed by atoms with van der Waals surface area (Å²) in [6, 6.07) is 0. The molecule has 0 atom stereocenters. The first kappa shape index (κ1) is 17.8. The van der Waals surface area contributed by atoms with Crippen molar-refractivity contribution in [2.75, 3.05) is 48.4 Å². The second-order valence-corrected chi connectivity index (χ2v) is 2.61. The molecule has 0 radical (unpaired) electrons. The molecule has 1 N–H and O–H groups in total. The van der Waals surface area contributed by atoms with E-state index in [0.717, 1.165) is 20.2 Å². The van der Waals surface area contributed by atoms with Gasteiger partial charge < -0.3 is 14.9 Å². The second-order valence-electron chi connectivity index (χ2n) is 2.61. The lowest BCUT2D eigenvalue weighted by molar-refractivity contribution is 0.320. The molecule has 0 bridgehead atoms. The monoisotopic (exact) mass is 178 g/mol. The second kappa shape index (κ2) is 17.1. The van der Waals surface area contributed by atoms with Gasteiger partial charge in [-0.2, -0.15) is 0 Å². The van der Waals surface area contributed by atoms with E-state index < -0.39 is 0 Å². The fourth-order valence-corrected chi connectivity index (χ4v) is 0.400. The molecule has 12 heavy (non-hydrogen) atoms. The molecule has 0 heterocycles. The average Bonchev–Trinajstić information content (AvgIpc) is 2.08. The van der Waals surface area contributed by atoms with Crippen LogP contribution in [0, 0.1) is 0 Å². The predicted octanol–water partition coefficient (Wildman–Crippen LogP) is 0.744. The number of hydrogen-bond donors (Lipinski definition) is 1. The summed E-state index contributed by atoms with van der Waals surface area (Å²) in [5.74, 6) is 0. The summed E-state index contributed by atoms with van der Waals surface area (Å²) >= 11 is 0. The third-order valence-corrected chi connectivity index (χ3v) is 0.994. The topological polar surface area (TPSA) is 26.7 Å². The largest absolute Gasteiger partial charge is 0.400 e. The standard InChI is InChI=1S/C6H16N2.C2H6.CH4O/c1-7(2)5-6-8(3)4;2*1-2/h5-6H2,1-4H3;1-2H3;2H,1H3. The van der Waals surface area contributed by atoms with Crippen molar-refractivity contribution in [2.45, 2.75) is 13.8 Å². The summed E-state index contributed by atoms with van der Waals surface area (Å²) in [6.07, 6.45) is 0. The van der Waals surface area contributed by atoms with Gasteiger partial charge in [-0.3, -0.25) is 0 Å². The maximum absolute atomic E-state index is 7.00. The minimum atomic E-state index is 1.00. The highest BCUT2D eigenvalue weighted by Gasteiger charge is 1.89. The van der Waals surface area contributed by atoms with Crippen LogP contribution in [0.2, 0.25) is 0 Å². The van der Waals surface area contributed by atoms with Crippen LogP contribution < -0.4 is 0 Å². The minimum absolute atomic E-state index is 1.00. The Kier molecular flexibility index (Phi) is 25.4. The zero-order chi connectivity index (χ0) is 10.6. The molecule has 0 fully saturated rings. The fourth-order valence-electron chi connectivity index (χ4n) is 0.400. The van der Waals surface area contributed by atoms with Crippen molar-refractivity contribution in [1.82, 2.24) is 9.80 Å². The lowest BCUT2D eigenvalue weighted by Crippen LogP contribution is -2.25. The van der Waals surface area contributed by atoms with E-state index >= 15 is 0 Å². The smallest absolute Gasteiger partial charge is 0.0319 e. The summed E-state index contributed by atoms with van der Waals surface area (Å²) in [4.78, 5) is 4.36. The number of likely N-dealkylation sites (N-methyl/N-ethyl adjacent to an activating group) is 2. The first-order valence-corrected chi connectivity index (χ1v) is 4.37. The van der Waals surface area contributed by atoms with Gasteiger partial charge in [0.2, 0.25) is 0 Å². The molecule has 0 aromatic rings. The van der Waals surface area contributed by atoms with Crippen LogP contribution in [0.1, 0.15) is 13.8 Å². The van der Waals surface area contributed by atoms with Crippen LogP contribution in [0.5, 0.6) is 0 Å². The van der Waals surface area contributed by atoms with Crippen molar-refractivity contribution in [2.24, 2.45) is 0 Å². The number of nitrogens with zero attached hydrogens (tertiary/aromatic N) is 2. The molecule has 0 aliphatic heterocycles. The predicted molar refractivity (Wildman–Crippen MR) is 56.6 cm³/mol. The quantitative estimate of drug-likeness (QED) is 0.690. The van der Waals surface area contributed by atoms with Gasteiger partial charge in [-0.1, -0.05) is 13.8 Å². The van der Waals surface area contributed by atoms with E-state index in [2.05, 4.69) is 38.0 Å². The van der Waals surface area contributed by atoms with E-state index in [1.54, 1.807) is 0 Å². The van der Waals surface area contributed by atoms with E-state index in [4.69, 9.17) is 5.11 Å². The van der Waals surface area contributed by atoms with E-state index in [0.29, 0.717) is 0 Å². The van der Waals surface area contributed by atoms with E-state index in [9.17, 15) is 0 Å². The summed E-state index contributed by atoms with van der Waals surface area (Å²) in [7, 11) is 9.35. The van der Waals surface area contributed by atoms with Crippen LogP contribution in [0.15, 0.2) is 0 Å². The van der Waals surface area contributed by atoms with Crippen molar-refractivity contribution in [3.8, 4) is 0 Å². The third kappa shape index (κ3) is 32.7. The first-order chi connectivity index (χ1) is 5.63. The van der Waals surface area contributed by atoms with Crippen molar-refractivity contribution in [3.63, 3.8) is 0 Å². The highest BCUT2D eigenvalue weighted by molar-refractivity contribution is 4.45. The molecule has 0 amide bonds. The lowest BCUT2D eigenvalue weighted by Gasteiger charge is -2.13. The van der Waals surface area contributed by atoms with E-state index in [1.807, 2.05) is 13.8 Å². The van der Waals surface area contributed by atoms with Crippen molar-refractivity contribution in [3.05, 3.63) is 0 Å². The van der Waals surface area contributed by atoms with Gasteiger partial charge in [0.05, 0.1) is 0 Å². The van der Waals surface area contributed by atoms with Gasteiger partial charge in [-0.05, 0) is 28.2 Å². The molecule has 0 saturated heterocycles. The number of rotatable bonds is 3. The molecule has 0 aliphatic rings.